The van der Waals surface area contributed by atoms with Gasteiger partial charge in [-0.1, -0.05) is 6.42 Å². The Bertz CT molecular complexity index is 271. The van der Waals surface area contributed by atoms with Gasteiger partial charge < -0.3 is 0 Å². The molecule has 0 aromatic carbocycles. The molecule has 1 aliphatic rings. The van der Waals surface area contributed by atoms with Crippen molar-refractivity contribution in [2.24, 2.45) is 0 Å². The molecule has 1 saturated carbocycles. The lowest BCUT2D eigenvalue weighted by Gasteiger charge is -2.23. The molecule has 1 aromatic heterocycles. The zero-order chi connectivity index (χ0) is 8.55. The molecule has 0 spiro atoms. The summed E-state index contributed by atoms with van der Waals surface area (Å²) in [6.45, 7) is 5.30. The number of aryl methyl sites for hydroxylation is 2. The van der Waals surface area contributed by atoms with E-state index >= 15 is 0 Å². The summed E-state index contributed by atoms with van der Waals surface area (Å²) in [5.74, 6) is 0.776. The van der Waals surface area contributed by atoms with E-state index in [-0.39, 0.29) is 0 Å². The maximum absolute atomic E-state index is 4.57. The van der Waals surface area contributed by atoms with Crippen LogP contribution in [0.5, 0.6) is 0 Å². The highest BCUT2D eigenvalue weighted by Crippen LogP contribution is 2.36. The van der Waals surface area contributed by atoms with Gasteiger partial charge in [-0.05, 0) is 32.3 Å². The second-order valence-electron chi connectivity index (χ2n) is 3.68. The van der Waals surface area contributed by atoms with Crippen LogP contribution in [0, 0.1) is 6.92 Å². The molecule has 0 unspecified atom stereocenters. The average molecular weight is 164 g/mol. The fraction of sp³-hybridized carbons (Fsp3) is 0.700. The fourth-order valence-corrected chi connectivity index (χ4v) is 1.78. The SMILES string of the molecule is CCn1cc(C)c(C2CCC2)n1. The second-order valence-corrected chi connectivity index (χ2v) is 3.68. The van der Waals surface area contributed by atoms with Gasteiger partial charge in [-0.15, -0.1) is 0 Å². The van der Waals surface area contributed by atoms with Crippen molar-refractivity contribution in [2.45, 2.75) is 45.6 Å². The highest BCUT2D eigenvalue weighted by molar-refractivity contribution is 5.20. The standard InChI is InChI=1S/C10H16N2/c1-3-12-7-8(2)10(11-12)9-5-4-6-9/h7,9H,3-6H2,1-2H3. The minimum absolute atomic E-state index is 0.776. The van der Waals surface area contributed by atoms with Gasteiger partial charge in [-0.25, -0.2) is 0 Å². The molecule has 0 saturated heterocycles. The Morgan fingerprint density at radius 2 is 2.33 bits per heavy atom. The van der Waals surface area contributed by atoms with Crippen molar-refractivity contribution in [3.05, 3.63) is 17.5 Å². The number of nitrogens with zero attached hydrogens (tertiary/aromatic N) is 2. The Balaban J connectivity index is 2.23. The maximum atomic E-state index is 4.57. The van der Waals surface area contributed by atoms with Crippen molar-refractivity contribution >= 4 is 0 Å². The monoisotopic (exact) mass is 164 g/mol. The summed E-state index contributed by atoms with van der Waals surface area (Å²) in [4.78, 5) is 0. The number of hydrogen-bond donors (Lipinski definition) is 0. The van der Waals surface area contributed by atoms with Crippen molar-refractivity contribution in [3.8, 4) is 0 Å². The molecule has 1 heterocycles. The van der Waals surface area contributed by atoms with Crippen LogP contribution in [-0.2, 0) is 6.54 Å². The van der Waals surface area contributed by atoms with E-state index in [0.29, 0.717) is 0 Å². The van der Waals surface area contributed by atoms with Gasteiger partial charge in [-0.2, -0.15) is 5.10 Å². The molecule has 0 bridgehead atoms. The van der Waals surface area contributed by atoms with Crippen LogP contribution in [0.1, 0.15) is 43.4 Å². The van der Waals surface area contributed by atoms with Gasteiger partial charge in [-0.3, -0.25) is 4.68 Å². The van der Waals surface area contributed by atoms with Crippen LogP contribution in [0.15, 0.2) is 6.20 Å². The van der Waals surface area contributed by atoms with Crippen molar-refractivity contribution < 1.29 is 0 Å². The average Bonchev–Trinajstić information content (AvgIpc) is 2.29. The van der Waals surface area contributed by atoms with Crippen molar-refractivity contribution in [1.29, 1.82) is 0 Å². The van der Waals surface area contributed by atoms with E-state index in [9.17, 15) is 0 Å². The summed E-state index contributed by atoms with van der Waals surface area (Å²) in [5, 5.41) is 4.57. The quantitative estimate of drug-likeness (QED) is 0.656. The van der Waals surface area contributed by atoms with Gasteiger partial charge in [0.25, 0.3) is 0 Å². The van der Waals surface area contributed by atoms with Crippen LogP contribution >= 0.6 is 0 Å². The van der Waals surface area contributed by atoms with Gasteiger partial charge in [0.2, 0.25) is 0 Å². The van der Waals surface area contributed by atoms with Crippen LogP contribution < -0.4 is 0 Å². The second kappa shape index (κ2) is 2.92. The van der Waals surface area contributed by atoms with Gasteiger partial charge in [0.1, 0.15) is 0 Å². The van der Waals surface area contributed by atoms with Crippen LogP contribution in [-0.4, -0.2) is 9.78 Å². The fourth-order valence-electron chi connectivity index (χ4n) is 1.78. The molecule has 1 aliphatic carbocycles. The smallest absolute Gasteiger partial charge is 0.0684 e. The van der Waals surface area contributed by atoms with E-state index in [1.165, 1.54) is 30.5 Å². The third-order valence-electron chi connectivity index (χ3n) is 2.80. The molecule has 0 atom stereocenters. The van der Waals surface area contributed by atoms with Crippen LogP contribution in [0.2, 0.25) is 0 Å². The Hall–Kier alpha value is -0.790. The van der Waals surface area contributed by atoms with Crippen molar-refractivity contribution in [3.63, 3.8) is 0 Å². The number of rotatable bonds is 2. The zero-order valence-electron chi connectivity index (χ0n) is 7.88. The van der Waals surface area contributed by atoms with Crippen molar-refractivity contribution in [2.75, 3.05) is 0 Å². The van der Waals surface area contributed by atoms with E-state index in [1.54, 1.807) is 0 Å². The molecular formula is C10H16N2. The van der Waals surface area contributed by atoms with E-state index in [4.69, 9.17) is 0 Å². The first-order valence-electron chi connectivity index (χ1n) is 4.85. The molecule has 1 fully saturated rings. The predicted octanol–water partition coefficient (Wildman–Crippen LogP) is 2.48. The van der Waals surface area contributed by atoms with E-state index in [0.717, 1.165) is 12.5 Å². The Kier molecular flexibility index (Phi) is 1.91. The maximum Gasteiger partial charge on any atom is 0.0684 e. The number of hydrogen-bond acceptors (Lipinski definition) is 1. The summed E-state index contributed by atoms with van der Waals surface area (Å²) in [6.07, 6.45) is 6.25. The van der Waals surface area contributed by atoms with Gasteiger partial charge in [0.05, 0.1) is 5.69 Å². The lowest BCUT2D eigenvalue weighted by atomic mass is 9.82. The van der Waals surface area contributed by atoms with Crippen LogP contribution in [0.3, 0.4) is 0 Å². The molecule has 0 radical (unpaired) electrons. The summed E-state index contributed by atoms with van der Waals surface area (Å²) in [5.41, 5.74) is 2.73. The van der Waals surface area contributed by atoms with Gasteiger partial charge in [0, 0.05) is 18.7 Å². The minimum Gasteiger partial charge on any atom is -0.272 e. The Morgan fingerprint density at radius 1 is 1.58 bits per heavy atom. The highest BCUT2D eigenvalue weighted by atomic mass is 15.3. The normalized spacial score (nSPS) is 17.8. The molecule has 2 rings (SSSR count). The van der Waals surface area contributed by atoms with E-state index < -0.39 is 0 Å². The van der Waals surface area contributed by atoms with Gasteiger partial charge in [0.15, 0.2) is 0 Å². The molecule has 0 aliphatic heterocycles. The Morgan fingerprint density at radius 3 is 2.75 bits per heavy atom. The Labute approximate surface area is 73.6 Å². The van der Waals surface area contributed by atoms with E-state index in [1.807, 2.05) is 4.68 Å². The first-order chi connectivity index (χ1) is 5.81. The molecule has 66 valence electrons. The summed E-state index contributed by atoms with van der Waals surface area (Å²) >= 11 is 0. The molecule has 0 N–H and O–H groups in total. The summed E-state index contributed by atoms with van der Waals surface area (Å²) < 4.78 is 2.04. The predicted molar refractivity (Wildman–Crippen MR) is 49.2 cm³/mol. The molecule has 2 nitrogen and oxygen atoms in total. The summed E-state index contributed by atoms with van der Waals surface area (Å²) in [6, 6.07) is 0. The zero-order valence-corrected chi connectivity index (χ0v) is 7.88. The third kappa shape index (κ3) is 1.15. The molecule has 12 heavy (non-hydrogen) atoms. The lowest BCUT2D eigenvalue weighted by Crippen LogP contribution is -2.11. The first-order valence-corrected chi connectivity index (χ1v) is 4.85. The lowest BCUT2D eigenvalue weighted by molar-refractivity contribution is 0.405. The molecule has 2 heteroatoms. The number of aromatic nitrogens is 2. The van der Waals surface area contributed by atoms with Crippen molar-refractivity contribution in [1.82, 2.24) is 9.78 Å². The minimum atomic E-state index is 0.776. The van der Waals surface area contributed by atoms with Crippen LogP contribution in [0.25, 0.3) is 0 Å². The van der Waals surface area contributed by atoms with E-state index in [2.05, 4.69) is 25.1 Å². The van der Waals surface area contributed by atoms with Crippen LogP contribution in [0.4, 0.5) is 0 Å². The molecule has 1 aromatic rings. The summed E-state index contributed by atoms with van der Waals surface area (Å²) in [7, 11) is 0. The topological polar surface area (TPSA) is 17.8 Å². The molecule has 0 amide bonds. The third-order valence-corrected chi connectivity index (χ3v) is 2.80. The van der Waals surface area contributed by atoms with Gasteiger partial charge >= 0.3 is 0 Å². The largest absolute Gasteiger partial charge is 0.272 e. The molecular weight excluding hydrogens is 148 g/mol. The first kappa shape index (κ1) is 7.84. The highest BCUT2D eigenvalue weighted by Gasteiger charge is 2.23.